The molecular weight excluding hydrogens is 516 g/mol. The standard InChI is InChI=1S/C30H50N2O8/c1-20(17-25-29(37)28(36)23(19-40-25)12-9-11-21(2)22(3)33)18-27(35)39-16-8-6-4-5-7-14-26(34)32-24-13-10-15-31-30(24)38/h9,11,18,21-25,28-29,33,36-37H,4-8,10,12-17,19H2,1-3H3,(H,31,38)(H,32,34)/b11-9+,20-18+/t21-,22+,23+,24-,25+,28-,29+/m1/s1. The summed E-state index contributed by atoms with van der Waals surface area (Å²) in [6.07, 6.45) is 9.19. The van der Waals surface area contributed by atoms with E-state index in [0.29, 0.717) is 51.0 Å². The lowest BCUT2D eigenvalue weighted by molar-refractivity contribution is -0.162. The molecule has 0 bridgehead atoms. The van der Waals surface area contributed by atoms with E-state index in [4.69, 9.17) is 9.47 Å². The molecule has 40 heavy (non-hydrogen) atoms. The van der Waals surface area contributed by atoms with Gasteiger partial charge in [0, 0.05) is 25.0 Å². The molecule has 2 rings (SSSR count). The van der Waals surface area contributed by atoms with Gasteiger partial charge in [-0.25, -0.2) is 4.79 Å². The van der Waals surface area contributed by atoms with Crippen molar-refractivity contribution < 1.29 is 39.2 Å². The third kappa shape index (κ3) is 12.5. The summed E-state index contributed by atoms with van der Waals surface area (Å²) in [5, 5.41) is 36.2. The Balaban J connectivity index is 1.55. The third-order valence-electron chi connectivity index (χ3n) is 7.68. The zero-order valence-electron chi connectivity index (χ0n) is 24.3. The first kappa shape index (κ1) is 33.9. The molecule has 2 aliphatic heterocycles. The lowest BCUT2D eigenvalue weighted by Crippen LogP contribution is -2.50. The van der Waals surface area contributed by atoms with Crippen LogP contribution in [0.25, 0.3) is 0 Å². The van der Waals surface area contributed by atoms with Gasteiger partial charge in [0.2, 0.25) is 11.8 Å². The monoisotopic (exact) mass is 566 g/mol. The van der Waals surface area contributed by atoms with Gasteiger partial charge in [0.15, 0.2) is 0 Å². The number of allylic oxidation sites excluding steroid dienone is 1. The van der Waals surface area contributed by atoms with Crippen LogP contribution in [0.4, 0.5) is 0 Å². The fourth-order valence-corrected chi connectivity index (χ4v) is 4.85. The molecule has 0 saturated carbocycles. The Hall–Kier alpha value is -2.27. The van der Waals surface area contributed by atoms with Crippen LogP contribution >= 0.6 is 0 Å². The van der Waals surface area contributed by atoms with Gasteiger partial charge in [-0.3, -0.25) is 9.59 Å². The zero-order valence-corrected chi connectivity index (χ0v) is 24.3. The van der Waals surface area contributed by atoms with Crippen molar-refractivity contribution in [3.05, 3.63) is 23.8 Å². The minimum atomic E-state index is -1.06. The van der Waals surface area contributed by atoms with Gasteiger partial charge in [-0.1, -0.05) is 43.9 Å². The lowest BCUT2D eigenvalue weighted by atomic mass is 9.87. The van der Waals surface area contributed by atoms with E-state index in [1.807, 2.05) is 19.1 Å². The predicted molar refractivity (Wildman–Crippen MR) is 151 cm³/mol. The molecule has 2 saturated heterocycles. The van der Waals surface area contributed by atoms with E-state index >= 15 is 0 Å². The van der Waals surface area contributed by atoms with Crippen molar-refractivity contribution in [3.63, 3.8) is 0 Å². The largest absolute Gasteiger partial charge is 0.463 e. The first-order chi connectivity index (χ1) is 19.1. The highest BCUT2D eigenvalue weighted by atomic mass is 16.5. The molecule has 0 spiro atoms. The number of rotatable bonds is 16. The average molecular weight is 567 g/mol. The summed E-state index contributed by atoms with van der Waals surface area (Å²) in [5.41, 5.74) is 0.703. The van der Waals surface area contributed by atoms with E-state index in [2.05, 4.69) is 10.6 Å². The molecule has 0 unspecified atom stereocenters. The van der Waals surface area contributed by atoms with Crippen molar-refractivity contribution in [3.8, 4) is 0 Å². The van der Waals surface area contributed by atoms with Gasteiger partial charge in [0.05, 0.1) is 31.5 Å². The number of ether oxygens (including phenoxy) is 2. The van der Waals surface area contributed by atoms with Crippen LogP contribution in [0.1, 0.15) is 85.0 Å². The van der Waals surface area contributed by atoms with Crippen LogP contribution in [-0.4, -0.2) is 83.3 Å². The molecule has 2 aliphatic rings. The number of hydrogen-bond acceptors (Lipinski definition) is 8. The van der Waals surface area contributed by atoms with Crippen LogP contribution in [-0.2, 0) is 23.9 Å². The Morgan fingerprint density at radius 3 is 2.60 bits per heavy atom. The fourth-order valence-electron chi connectivity index (χ4n) is 4.85. The first-order valence-corrected chi connectivity index (χ1v) is 14.8. The van der Waals surface area contributed by atoms with Crippen LogP contribution in [0.5, 0.6) is 0 Å². The summed E-state index contributed by atoms with van der Waals surface area (Å²) in [4.78, 5) is 35.9. The maximum absolute atomic E-state index is 12.2. The maximum Gasteiger partial charge on any atom is 0.330 e. The van der Waals surface area contributed by atoms with E-state index in [0.717, 1.165) is 38.5 Å². The molecule has 2 fully saturated rings. The molecule has 10 heteroatoms. The van der Waals surface area contributed by atoms with Crippen molar-refractivity contribution in [2.45, 2.75) is 115 Å². The number of piperidine rings is 1. The Bertz CT molecular complexity index is 859. The number of amides is 2. The van der Waals surface area contributed by atoms with E-state index in [9.17, 15) is 29.7 Å². The summed E-state index contributed by atoms with van der Waals surface area (Å²) < 4.78 is 11.1. The minimum Gasteiger partial charge on any atom is -0.463 e. The van der Waals surface area contributed by atoms with Crippen LogP contribution in [0.15, 0.2) is 23.8 Å². The van der Waals surface area contributed by atoms with Crippen molar-refractivity contribution in [1.82, 2.24) is 10.6 Å². The van der Waals surface area contributed by atoms with Gasteiger partial charge >= 0.3 is 5.97 Å². The minimum absolute atomic E-state index is 0.00944. The smallest absolute Gasteiger partial charge is 0.330 e. The SMILES string of the molecule is C/C(=C\C(=O)OCCCCCCCC(=O)N[C@@H]1CCCNC1=O)C[C@@H]1OC[C@H](C/C=C/[C@@H](C)[C@H](C)O)[C@@H](O)[C@H]1O. The van der Waals surface area contributed by atoms with Gasteiger partial charge in [-0.15, -0.1) is 0 Å². The number of aliphatic hydroxyl groups is 3. The summed E-state index contributed by atoms with van der Waals surface area (Å²) in [6.45, 7) is 6.69. The molecule has 10 nitrogen and oxygen atoms in total. The van der Waals surface area contributed by atoms with Gasteiger partial charge in [0.25, 0.3) is 0 Å². The summed E-state index contributed by atoms with van der Waals surface area (Å²) in [7, 11) is 0. The second-order valence-electron chi connectivity index (χ2n) is 11.3. The van der Waals surface area contributed by atoms with Crippen LogP contribution in [0.3, 0.4) is 0 Å². The maximum atomic E-state index is 12.2. The van der Waals surface area contributed by atoms with Crippen LogP contribution in [0.2, 0.25) is 0 Å². The number of carbonyl (C=O) groups excluding carboxylic acids is 3. The number of hydrogen-bond donors (Lipinski definition) is 5. The highest BCUT2D eigenvalue weighted by molar-refractivity contribution is 5.88. The van der Waals surface area contributed by atoms with Crippen molar-refractivity contribution in [2.24, 2.45) is 11.8 Å². The molecule has 0 aromatic rings. The van der Waals surface area contributed by atoms with Crippen molar-refractivity contribution >= 4 is 17.8 Å². The third-order valence-corrected chi connectivity index (χ3v) is 7.68. The molecular formula is C30H50N2O8. The number of esters is 1. The van der Waals surface area contributed by atoms with Crippen LogP contribution in [0, 0.1) is 11.8 Å². The van der Waals surface area contributed by atoms with Gasteiger partial charge in [0.1, 0.15) is 12.1 Å². The molecule has 2 heterocycles. The van der Waals surface area contributed by atoms with Crippen LogP contribution < -0.4 is 10.6 Å². The summed E-state index contributed by atoms with van der Waals surface area (Å²) in [6, 6.07) is -0.406. The topological polar surface area (TPSA) is 154 Å². The number of nitrogens with one attached hydrogen (secondary N) is 2. The van der Waals surface area contributed by atoms with Gasteiger partial charge in [-0.2, -0.15) is 0 Å². The summed E-state index contributed by atoms with van der Waals surface area (Å²) >= 11 is 0. The van der Waals surface area contributed by atoms with E-state index in [1.54, 1.807) is 13.8 Å². The van der Waals surface area contributed by atoms with Crippen molar-refractivity contribution in [1.29, 1.82) is 0 Å². The number of aliphatic hydroxyl groups excluding tert-OH is 3. The molecule has 228 valence electrons. The molecule has 0 radical (unpaired) electrons. The van der Waals surface area contributed by atoms with Gasteiger partial charge < -0.3 is 35.4 Å². The van der Waals surface area contributed by atoms with E-state index in [-0.39, 0.29) is 23.7 Å². The second kappa shape index (κ2) is 18.2. The molecule has 7 atom stereocenters. The quantitative estimate of drug-likeness (QED) is 0.0825. The van der Waals surface area contributed by atoms with Crippen molar-refractivity contribution in [2.75, 3.05) is 19.8 Å². The first-order valence-electron chi connectivity index (χ1n) is 14.8. The highest BCUT2D eigenvalue weighted by Gasteiger charge is 2.37. The fraction of sp³-hybridized carbons (Fsp3) is 0.767. The molecule has 0 aromatic carbocycles. The zero-order chi connectivity index (χ0) is 29.5. The van der Waals surface area contributed by atoms with E-state index < -0.39 is 36.4 Å². The Morgan fingerprint density at radius 2 is 1.88 bits per heavy atom. The summed E-state index contributed by atoms with van der Waals surface area (Å²) in [5.74, 6) is -0.859. The van der Waals surface area contributed by atoms with Gasteiger partial charge in [-0.05, 0) is 58.3 Å². The lowest BCUT2D eigenvalue weighted by Gasteiger charge is -2.37. The second-order valence-corrected chi connectivity index (χ2v) is 11.3. The van der Waals surface area contributed by atoms with E-state index in [1.165, 1.54) is 6.08 Å². The average Bonchev–Trinajstić information content (AvgIpc) is 2.90. The molecule has 0 aromatic heterocycles. The molecule has 2 amide bonds. The Labute approximate surface area is 238 Å². The number of carbonyl (C=O) groups is 3. The highest BCUT2D eigenvalue weighted by Crippen LogP contribution is 2.27. The molecule has 0 aliphatic carbocycles. The molecule has 5 N–H and O–H groups in total. The number of unbranched alkanes of at least 4 members (excludes halogenated alkanes) is 4. The predicted octanol–water partition coefficient (Wildman–Crippen LogP) is 2.30. The normalized spacial score (nSPS) is 27.2. The Morgan fingerprint density at radius 1 is 1.15 bits per heavy atom. The Kier molecular flexibility index (Phi) is 15.5.